The van der Waals surface area contributed by atoms with Gasteiger partial charge in [0, 0.05) is 18.7 Å². The van der Waals surface area contributed by atoms with E-state index in [4.69, 9.17) is 9.47 Å². The van der Waals surface area contributed by atoms with Crippen molar-refractivity contribution in [1.82, 2.24) is 10.0 Å². The summed E-state index contributed by atoms with van der Waals surface area (Å²) in [7, 11) is 1.64. The molecule has 5 rings (SSSR count). The van der Waals surface area contributed by atoms with Gasteiger partial charge in [0.15, 0.2) is 0 Å². The van der Waals surface area contributed by atoms with E-state index >= 15 is 0 Å². The molecule has 0 aliphatic carbocycles. The fourth-order valence-corrected chi connectivity index (χ4v) is 5.11. The molecule has 3 heterocycles. The summed E-state index contributed by atoms with van der Waals surface area (Å²) in [5.74, 6) is 0.700. The van der Waals surface area contributed by atoms with Crippen LogP contribution in [0.15, 0.2) is 48.5 Å². The SMILES string of the molecule is CCOc1ccc(N2C(=O)[C@H]3[C@H](C2=O)N2CCCN2[C@H]3c2ccccc2OC)cc1. The highest BCUT2D eigenvalue weighted by Gasteiger charge is 2.63. The molecule has 2 aromatic rings. The minimum atomic E-state index is -0.471. The van der Waals surface area contributed by atoms with E-state index in [-0.39, 0.29) is 17.9 Å². The van der Waals surface area contributed by atoms with Crippen molar-refractivity contribution in [3.63, 3.8) is 0 Å². The number of anilines is 1. The van der Waals surface area contributed by atoms with E-state index in [0.29, 0.717) is 12.3 Å². The zero-order valence-electron chi connectivity index (χ0n) is 17.2. The Balaban J connectivity index is 1.54. The Labute approximate surface area is 175 Å². The molecule has 0 N–H and O–H groups in total. The molecular weight excluding hydrogens is 382 g/mol. The molecular formula is C23H25N3O4. The molecule has 2 aromatic carbocycles. The third-order valence-electron chi connectivity index (χ3n) is 6.27. The summed E-state index contributed by atoms with van der Waals surface area (Å²) in [6.45, 7) is 4.10. The summed E-state index contributed by atoms with van der Waals surface area (Å²) in [6.07, 6.45) is 0.972. The van der Waals surface area contributed by atoms with Gasteiger partial charge in [-0.25, -0.2) is 14.9 Å². The average Bonchev–Trinajstić information content (AvgIpc) is 3.41. The lowest BCUT2D eigenvalue weighted by Crippen LogP contribution is -2.44. The third kappa shape index (κ3) is 2.73. The molecule has 3 fully saturated rings. The number of carbonyl (C=O) groups is 2. The zero-order chi connectivity index (χ0) is 20.8. The molecule has 0 aromatic heterocycles. The molecule has 3 aliphatic heterocycles. The van der Waals surface area contributed by atoms with E-state index in [1.54, 1.807) is 31.4 Å². The average molecular weight is 407 g/mol. The largest absolute Gasteiger partial charge is 0.496 e. The first kappa shape index (κ1) is 19.1. The monoisotopic (exact) mass is 407 g/mol. The van der Waals surface area contributed by atoms with Crippen LogP contribution in [-0.2, 0) is 9.59 Å². The van der Waals surface area contributed by atoms with Gasteiger partial charge in [-0.2, -0.15) is 0 Å². The smallest absolute Gasteiger partial charge is 0.253 e. The number of rotatable bonds is 5. The van der Waals surface area contributed by atoms with E-state index in [2.05, 4.69) is 10.0 Å². The molecule has 30 heavy (non-hydrogen) atoms. The maximum absolute atomic E-state index is 13.6. The number of imide groups is 1. The second-order valence-electron chi connectivity index (χ2n) is 7.78. The summed E-state index contributed by atoms with van der Waals surface area (Å²) >= 11 is 0. The van der Waals surface area contributed by atoms with Crippen molar-refractivity contribution < 1.29 is 19.1 Å². The molecule has 3 aliphatic rings. The Morgan fingerprint density at radius 2 is 1.63 bits per heavy atom. The highest BCUT2D eigenvalue weighted by Crippen LogP contribution is 2.50. The van der Waals surface area contributed by atoms with Crippen LogP contribution in [0.3, 0.4) is 0 Å². The van der Waals surface area contributed by atoms with Gasteiger partial charge < -0.3 is 9.47 Å². The summed E-state index contributed by atoms with van der Waals surface area (Å²) in [5.41, 5.74) is 1.54. The number of nitrogens with zero attached hydrogens (tertiary/aromatic N) is 3. The van der Waals surface area contributed by atoms with Gasteiger partial charge >= 0.3 is 0 Å². The fourth-order valence-electron chi connectivity index (χ4n) is 5.11. The van der Waals surface area contributed by atoms with Gasteiger partial charge in [-0.1, -0.05) is 18.2 Å². The van der Waals surface area contributed by atoms with Crippen LogP contribution < -0.4 is 14.4 Å². The Kier molecular flexibility index (Phi) is 4.72. The molecule has 0 bridgehead atoms. The van der Waals surface area contributed by atoms with E-state index in [0.717, 1.165) is 36.6 Å². The van der Waals surface area contributed by atoms with Gasteiger partial charge in [-0.3, -0.25) is 9.59 Å². The van der Waals surface area contributed by atoms with Crippen LogP contribution >= 0.6 is 0 Å². The van der Waals surface area contributed by atoms with Gasteiger partial charge in [-0.15, -0.1) is 0 Å². The number of hydrazine groups is 1. The minimum absolute atomic E-state index is 0.153. The molecule has 156 valence electrons. The Morgan fingerprint density at radius 1 is 0.933 bits per heavy atom. The number of carbonyl (C=O) groups excluding carboxylic acids is 2. The number of methoxy groups -OCH3 is 1. The van der Waals surface area contributed by atoms with E-state index in [1.165, 1.54) is 4.90 Å². The van der Waals surface area contributed by atoms with Crippen LogP contribution in [0, 0.1) is 5.92 Å². The summed E-state index contributed by atoms with van der Waals surface area (Å²) in [4.78, 5) is 28.4. The van der Waals surface area contributed by atoms with Crippen molar-refractivity contribution in [3.8, 4) is 11.5 Å². The minimum Gasteiger partial charge on any atom is -0.496 e. The predicted molar refractivity (Wildman–Crippen MR) is 111 cm³/mol. The Bertz CT molecular complexity index is 977. The first-order chi connectivity index (χ1) is 14.7. The van der Waals surface area contributed by atoms with Crippen molar-refractivity contribution in [1.29, 1.82) is 0 Å². The molecule has 7 nitrogen and oxygen atoms in total. The van der Waals surface area contributed by atoms with Gasteiger partial charge in [-0.05, 0) is 43.7 Å². The summed E-state index contributed by atoms with van der Waals surface area (Å²) in [6, 6.07) is 14.3. The molecule has 0 saturated carbocycles. The van der Waals surface area contributed by atoms with Crippen molar-refractivity contribution >= 4 is 17.5 Å². The summed E-state index contributed by atoms with van der Waals surface area (Å²) < 4.78 is 11.1. The highest BCUT2D eigenvalue weighted by molar-refractivity contribution is 6.24. The van der Waals surface area contributed by atoms with Crippen molar-refractivity contribution in [2.45, 2.75) is 25.4 Å². The lowest BCUT2D eigenvalue weighted by Gasteiger charge is -2.30. The Hall–Kier alpha value is -2.90. The highest BCUT2D eigenvalue weighted by atomic mass is 16.5. The van der Waals surface area contributed by atoms with Crippen LogP contribution in [0.2, 0.25) is 0 Å². The fraction of sp³-hybridized carbons (Fsp3) is 0.391. The second-order valence-corrected chi connectivity index (χ2v) is 7.78. The van der Waals surface area contributed by atoms with Gasteiger partial charge in [0.05, 0.1) is 31.4 Å². The van der Waals surface area contributed by atoms with Crippen LogP contribution in [0.1, 0.15) is 24.9 Å². The molecule has 3 saturated heterocycles. The number of ether oxygens (including phenoxy) is 2. The lowest BCUT2D eigenvalue weighted by atomic mass is 9.89. The molecule has 7 heteroatoms. The topological polar surface area (TPSA) is 62.3 Å². The first-order valence-corrected chi connectivity index (χ1v) is 10.4. The van der Waals surface area contributed by atoms with Crippen LogP contribution in [0.25, 0.3) is 0 Å². The van der Waals surface area contributed by atoms with Crippen LogP contribution in [-0.4, -0.2) is 54.7 Å². The number of hydrogen-bond donors (Lipinski definition) is 0. The molecule has 0 spiro atoms. The summed E-state index contributed by atoms with van der Waals surface area (Å²) in [5, 5.41) is 4.29. The van der Waals surface area contributed by atoms with E-state index in [1.807, 2.05) is 31.2 Å². The molecule has 0 radical (unpaired) electrons. The second kappa shape index (κ2) is 7.41. The van der Waals surface area contributed by atoms with Gasteiger partial charge in [0.2, 0.25) is 5.91 Å². The third-order valence-corrected chi connectivity index (χ3v) is 6.27. The van der Waals surface area contributed by atoms with E-state index in [9.17, 15) is 9.59 Å². The number of para-hydroxylation sites is 1. The normalized spacial score (nSPS) is 26.2. The predicted octanol–water partition coefficient (Wildman–Crippen LogP) is 2.63. The maximum Gasteiger partial charge on any atom is 0.253 e. The van der Waals surface area contributed by atoms with Crippen LogP contribution in [0.5, 0.6) is 11.5 Å². The zero-order valence-corrected chi connectivity index (χ0v) is 17.2. The number of amides is 2. The number of fused-ring (bicyclic) bond motifs is 3. The lowest BCUT2D eigenvalue weighted by molar-refractivity contribution is -0.126. The Morgan fingerprint density at radius 3 is 2.33 bits per heavy atom. The standard InChI is InChI=1S/C23H25N3O4/c1-3-30-16-11-9-15(10-12-16)26-22(27)19-20(17-7-4-5-8-18(17)29-2)24-13-6-14-25(24)21(19)23(26)28/h4-5,7-12,19-21H,3,6,13-14H2,1-2H3/t19-,20+,21-/m1/s1. The maximum atomic E-state index is 13.6. The van der Waals surface area contributed by atoms with E-state index < -0.39 is 12.0 Å². The van der Waals surface area contributed by atoms with Gasteiger partial charge in [0.25, 0.3) is 5.91 Å². The number of hydrogen-bond acceptors (Lipinski definition) is 6. The quantitative estimate of drug-likeness (QED) is 0.710. The molecule has 2 amide bonds. The van der Waals surface area contributed by atoms with Crippen molar-refractivity contribution in [2.24, 2.45) is 5.92 Å². The van der Waals surface area contributed by atoms with Crippen molar-refractivity contribution in [2.75, 3.05) is 31.7 Å². The van der Waals surface area contributed by atoms with Crippen LogP contribution in [0.4, 0.5) is 5.69 Å². The first-order valence-electron chi connectivity index (χ1n) is 10.4. The molecule has 0 unspecified atom stereocenters. The number of benzene rings is 2. The van der Waals surface area contributed by atoms with Gasteiger partial charge in [0.1, 0.15) is 17.5 Å². The molecule has 3 atom stereocenters. The van der Waals surface area contributed by atoms with Crippen molar-refractivity contribution in [3.05, 3.63) is 54.1 Å².